The molecule has 1 N–H and O–H groups in total. The number of hydrogen-bond acceptors (Lipinski definition) is 5. The second-order valence-electron chi connectivity index (χ2n) is 9.26. The molecule has 0 amide bonds. The van der Waals surface area contributed by atoms with Crippen LogP contribution in [0.15, 0.2) is 42.5 Å². The molecule has 3 atom stereocenters. The lowest BCUT2D eigenvalue weighted by atomic mass is 10.0. The van der Waals surface area contributed by atoms with Gasteiger partial charge in [0, 0.05) is 28.7 Å². The van der Waals surface area contributed by atoms with Crippen LogP contribution in [-0.2, 0) is 27.1 Å². The van der Waals surface area contributed by atoms with Gasteiger partial charge in [0.1, 0.15) is 0 Å². The highest BCUT2D eigenvalue weighted by Crippen LogP contribution is 2.27. The smallest absolute Gasteiger partial charge is 0.330 e. The van der Waals surface area contributed by atoms with Crippen LogP contribution in [0.3, 0.4) is 0 Å². The fraction of sp³-hybridized carbons (Fsp3) is 0.483. The van der Waals surface area contributed by atoms with Crippen molar-refractivity contribution in [2.24, 2.45) is 0 Å². The molecule has 2 aromatic carbocycles. The Labute approximate surface area is 225 Å². The molecule has 0 aliphatic carbocycles. The molecule has 1 saturated heterocycles. The molecule has 0 radical (unpaired) electrons. The molecule has 0 aromatic heterocycles. The van der Waals surface area contributed by atoms with Gasteiger partial charge in [0.05, 0.1) is 25.4 Å². The topological polar surface area (TPSA) is 59.0 Å². The standard InChI is InChI=1S/C29H37Cl2NO4/c1-4-22-15-21(8-12-28(22)31)16-25-7-6-14-32(25)18-26(33)19-36-20(3)27-11-10-24(30)17-23(27)9-13-29(34)35-5-2/h8-13,15,17,20,25-26,33H,4-7,14,16,18-19H2,1-3H3/b13-9+. The van der Waals surface area contributed by atoms with Gasteiger partial charge < -0.3 is 14.6 Å². The third kappa shape index (κ3) is 8.32. The third-order valence-corrected chi connectivity index (χ3v) is 7.22. The third-order valence-electron chi connectivity index (χ3n) is 6.62. The molecule has 2 aromatic rings. The number of carbonyl (C=O) groups is 1. The van der Waals surface area contributed by atoms with Gasteiger partial charge >= 0.3 is 5.97 Å². The molecule has 1 aliphatic rings. The van der Waals surface area contributed by atoms with Crippen molar-refractivity contribution in [3.05, 3.63) is 74.8 Å². The van der Waals surface area contributed by atoms with E-state index in [-0.39, 0.29) is 12.7 Å². The first-order valence-electron chi connectivity index (χ1n) is 12.8. The number of carbonyl (C=O) groups excluding carboxylic acids is 1. The number of halogens is 2. The number of hydrogen-bond donors (Lipinski definition) is 1. The molecule has 36 heavy (non-hydrogen) atoms. The summed E-state index contributed by atoms with van der Waals surface area (Å²) < 4.78 is 11.0. The van der Waals surface area contributed by atoms with E-state index in [0.29, 0.717) is 24.2 Å². The van der Waals surface area contributed by atoms with E-state index in [4.69, 9.17) is 32.7 Å². The monoisotopic (exact) mass is 533 g/mol. The number of benzene rings is 2. The molecule has 1 fully saturated rings. The molecule has 7 heteroatoms. The highest BCUT2D eigenvalue weighted by Gasteiger charge is 2.27. The van der Waals surface area contributed by atoms with Gasteiger partial charge in [0.2, 0.25) is 0 Å². The van der Waals surface area contributed by atoms with E-state index < -0.39 is 12.1 Å². The van der Waals surface area contributed by atoms with Gasteiger partial charge in [-0.1, -0.05) is 48.3 Å². The summed E-state index contributed by atoms with van der Waals surface area (Å²) in [6, 6.07) is 12.2. The Kier molecular flexibility index (Phi) is 11.3. The number of aliphatic hydroxyl groups excluding tert-OH is 1. The molecule has 1 heterocycles. The van der Waals surface area contributed by atoms with Crippen molar-refractivity contribution in [3.63, 3.8) is 0 Å². The maximum Gasteiger partial charge on any atom is 0.330 e. The van der Waals surface area contributed by atoms with E-state index in [1.54, 1.807) is 25.1 Å². The van der Waals surface area contributed by atoms with Crippen molar-refractivity contribution in [1.82, 2.24) is 4.90 Å². The predicted octanol–water partition coefficient (Wildman–Crippen LogP) is 6.28. The van der Waals surface area contributed by atoms with E-state index >= 15 is 0 Å². The minimum atomic E-state index is -0.602. The lowest BCUT2D eigenvalue weighted by Gasteiger charge is -2.28. The summed E-state index contributed by atoms with van der Waals surface area (Å²) in [5.41, 5.74) is 4.14. The largest absolute Gasteiger partial charge is 0.463 e. The molecule has 0 bridgehead atoms. The van der Waals surface area contributed by atoms with Gasteiger partial charge in [-0.25, -0.2) is 4.79 Å². The van der Waals surface area contributed by atoms with Crippen LogP contribution in [0.2, 0.25) is 10.0 Å². The van der Waals surface area contributed by atoms with Crippen molar-refractivity contribution in [1.29, 1.82) is 0 Å². The van der Waals surface area contributed by atoms with Crippen molar-refractivity contribution in [2.75, 3.05) is 26.3 Å². The van der Waals surface area contributed by atoms with Crippen LogP contribution in [-0.4, -0.2) is 54.4 Å². The van der Waals surface area contributed by atoms with Crippen molar-refractivity contribution in [2.45, 2.75) is 64.7 Å². The highest BCUT2D eigenvalue weighted by molar-refractivity contribution is 6.31. The molecule has 3 unspecified atom stereocenters. The van der Waals surface area contributed by atoms with E-state index in [2.05, 4.69) is 24.0 Å². The Hall–Kier alpha value is -1.89. The summed E-state index contributed by atoms with van der Waals surface area (Å²) in [6.45, 7) is 7.90. The van der Waals surface area contributed by atoms with Crippen LogP contribution < -0.4 is 0 Å². The zero-order valence-corrected chi connectivity index (χ0v) is 22.9. The summed E-state index contributed by atoms with van der Waals surface area (Å²) in [5.74, 6) is -0.405. The van der Waals surface area contributed by atoms with Gasteiger partial charge in [-0.05, 0) is 92.6 Å². The zero-order chi connectivity index (χ0) is 26.1. The normalized spacial score (nSPS) is 18.0. The van der Waals surface area contributed by atoms with Gasteiger partial charge in [-0.3, -0.25) is 4.90 Å². The second-order valence-corrected chi connectivity index (χ2v) is 10.1. The van der Waals surface area contributed by atoms with Crippen LogP contribution in [0.4, 0.5) is 0 Å². The fourth-order valence-electron chi connectivity index (χ4n) is 4.74. The number of aliphatic hydroxyl groups is 1. The van der Waals surface area contributed by atoms with E-state index in [9.17, 15) is 9.90 Å². The molecular formula is C29H37Cl2NO4. The Morgan fingerprint density at radius 1 is 1.22 bits per heavy atom. The first-order valence-corrected chi connectivity index (χ1v) is 13.5. The Morgan fingerprint density at radius 2 is 2.03 bits per heavy atom. The predicted molar refractivity (Wildman–Crippen MR) is 147 cm³/mol. The lowest BCUT2D eigenvalue weighted by molar-refractivity contribution is -0.137. The number of rotatable bonds is 12. The maximum absolute atomic E-state index is 11.7. The Morgan fingerprint density at radius 3 is 2.78 bits per heavy atom. The average Bonchev–Trinajstić information content (AvgIpc) is 3.28. The second kappa shape index (κ2) is 14.2. The quantitative estimate of drug-likeness (QED) is 0.257. The molecule has 0 saturated carbocycles. The summed E-state index contributed by atoms with van der Waals surface area (Å²) >= 11 is 12.5. The van der Waals surface area contributed by atoms with E-state index in [1.807, 2.05) is 19.1 Å². The van der Waals surface area contributed by atoms with Crippen molar-refractivity contribution in [3.8, 4) is 0 Å². The minimum absolute atomic E-state index is 0.217. The van der Waals surface area contributed by atoms with Crippen molar-refractivity contribution >= 4 is 35.2 Å². The van der Waals surface area contributed by atoms with Gasteiger partial charge in [-0.15, -0.1) is 0 Å². The number of nitrogens with zero attached hydrogens (tertiary/aromatic N) is 1. The molecule has 196 valence electrons. The number of aryl methyl sites for hydroxylation is 1. The molecule has 3 rings (SSSR count). The van der Waals surface area contributed by atoms with E-state index in [1.165, 1.54) is 17.2 Å². The Bertz CT molecular complexity index is 1040. The first kappa shape index (κ1) is 28.7. The van der Waals surface area contributed by atoms with Crippen LogP contribution in [0.1, 0.15) is 62.0 Å². The molecule has 0 spiro atoms. The molecule has 5 nitrogen and oxygen atoms in total. The van der Waals surface area contributed by atoms with Crippen LogP contribution in [0, 0.1) is 0 Å². The number of ether oxygens (including phenoxy) is 2. The maximum atomic E-state index is 11.7. The fourth-order valence-corrected chi connectivity index (χ4v) is 5.17. The van der Waals surface area contributed by atoms with Crippen molar-refractivity contribution < 1.29 is 19.4 Å². The Balaban J connectivity index is 1.56. The van der Waals surface area contributed by atoms with Gasteiger partial charge in [0.25, 0.3) is 0 Å². The van der Waals surface area contributed by atoms with Gasteiger partial charge in [0.15, 0.2) is 0 Å². The van der Waals surface area contributed by atoms with Crippen LogP contribution >= 0.6 is 23.2 Å². The summed E-state index contributed by atoms with van der Waals surface area (Å²) in [4.78, 5) is 14.1. The van der Waals surface area contributed by atoms with Crippen LogP contribution in [0.5, 0.6) is 0 Å². The summed E-state index contributed by atoms with van der Waals surface area (Å²) in [5, 5.41) is 12.2. The van der Waals surface area contributed by atoms with E-state index in [0.717, 1.165) is 48.4 Å². The lowest BCUT2D eigenvalue weighted by Crippen LogP contribution is -2.39. The number of esters is 1. The summed E-state index contributed by atoms with van der Waals surface area (Å²) in [6.07, 6.45) is 6.31. The van der Waals surface area contributed by atoms with Gasteiger partial charge in [-0.2, -0.15) is 0 Å². The zero-order valence-electron chi connectivity index (χ0n) is 21.4. The molecular weight excluding hydrogens is 497 g/mol. The minimum Gasteiger partial charge on any atom is -0.463 e. The summed E-state index contributed by atoms with van der Waals surface area (Å²) in [7, 11) is 0. The first-order chi connectivity index (χ1) is 17.3. The number of likely N-dealkylation sites (tertiary alicyclic amines) is 1. The average molecular weight is 535 g/mol. The number of β-amino-alcohol motifs (C(OH)–C–C–N with tert-alkyl or cyclic N) is 1. The molecule has 1 aliphatic heterocycles. The van der Waals surface area contributed by atoms with Crippen LogP contribution in [0.25, 0.3) is 6.08 Å². The highest BCUT2D eigenvalue weighted by atomic mass is 35.5. The SMILES string of the molecule is CCOC(=O)/C=C/c1cc(Cl)ccc1C(C)OCC(O)CN1CCCC1Cc1ccc(Cl)c(CC)c1.